The molecule has 0 saturated heterocycles. The van der Waals surface area contributed by atoms with Crippen LogP contribution in [0.4, 0.5) is 0 Å². The molecule has 0 aliphatic rings. The highest BCUT2D eigenvalue weighted by atomic mass is 32.2. The number of thioether (sulfide) groups is 1. The number of hydrogen-bond acceptors (Lipinski definition) is 4. The van der Waals surface area contributed by atoms with E-state index in [2.05, 4.69) is 54.4 Å². The summed E-state index contributed by atoms with van der Waals surface area (Å²) in [6, 6.07) is 16.5. The summed E-state index contributed by atoms with van der Waals surface area (Å²) >= 11 is 1.56. The van der Waals surface area contributed by atoms with E-state index in [0.29, 0.717) is 11.1 Å². The Morgan fingerprint density at radius 2 is 1.67 bits per heavy atom. The van der Waals surface area contributed by atoms with Crippen molar-refractivity contribution in [3.63, 3.8) is 0 Å². The molecule has 1 aromatic heterocycles. The van der Waals surface area contributed by atoms with Crippen LogP contribution >= 0.6 is 11.8 Å². The molecule has 3 rings (SSSR count). The van der Waals surface area contributed by atoms with Gasteiger partial charge in [-0.25, -0.2) is 0 Å². The van der Waals surface area contributed by atoms with Gasteiger partial charge in [0.05, 0.1) is 0 Å². The first-order chi connectivity index (χ1) is 10.2. The Bertz CT molecular complexity index is 717. The van der Waals surface area contributed by atoms with Crippen LogP contribution in [0.2, 0.25) is 0 Å². The third-order valence-electron chi connectivity index (χ3n) is 3.08. The van der Waals surface area contributed by atoms with Crippen molar-refractivity contribution in [3.8, 4) is 11.5 Å². The maximum atomic E-state index is 5.74. The standard InChI is InChI=1S/C17H16N2OS/c1-12-8-13(2)10-15(9-12)16-18-19-17(20-16)21-11-14-6-4-3-5-7-14/h3-10H,11H2,1-2H3. The lowest BCUT2D eigenvalue weighted by molar-refractivity contribution is 0.466. The molecule has 106 valence electrons. The van der Waals surface area contributed by atoms with Crippen molar-refractivity contribution in [2.75, 3.05) is 0 Å². The Balaban J connectivity index is 1.74. The van der Waals surface area contributed by atoms with Gasteiger partial charge >= 0.3 is 0 Å². The molecule has 0 radical (unpaired) electrons. The Kier molecular flexibility index (Phi) is 4.06. The number of rotatable bonds is 4. The SMILES string of the molecule is Cc1cc(C)cc(-c2nnc(SCc3ccccc3)o2)c1. The van der Waals surface area contributed by atoms with E-state index in [-0.39, 0.29) is 0 Å². The Hall–Kier alpha value is -2.07. The van der Waals surface area contributed by atoms with Crippen molar-refractivity contribution >= 4 is 11.8 Å². The summed E-state index contributed by atoms with van der Waals surface area (Å²) in [6.45, 7) is 4.13. The zero-order valence-corrected chi connectivity index (χ0v) is 12.9. The smallest absolute Gasteiger partial charge is 0.277 e. The van der Waals surface area contributed by atoms with E-state index in [1.54, 1.807) is 11.8 Å². The van der Waals surface area contributed by atoms with Crippen LogP contribution in [0.1, 0.15) is 16.7 Å². The van der Waals surface area contributed by atoms with E-state index in [1.165, 1.54) is 16.7 Å². The van der Waals surface area contributed by atoms with E-state index >= 15 is 0 Å². The summed E-state index contributed by atoms with van der Waals surface area (Å²) < 4.78 is 5.74. The lowest BCUT2D eigenvalue weighted by atomic mass is 10.1. The lowest BCUT2D eigenvalue weighted by Crippen LogP contribution is -1.82. The van der Waals surface area contributed by atoms with E-state index in [9.17, 15) is 0 Å². The molecule has 0 N–H and O–H groups in total. The van der Waals surface area contributed by atoms with Crippen molar-refractivity contribution in [3.05, 3.63) is 65.2 Å². The van der Waals surface area contributed by atoms with Gasteiger partial charge in [-0.15, -0.1) is 10.2 Å². The summed E-state index contributed by atoms with van der Waals surface area (Å²) in [7, 11) is 0. The molecule has 0 atom stereocenters. The van der Waals surface area contributed by atoms with E-state index in [4.69, 9.17) is 4.42 Å². The highest BCUT2D eigenvalue weighted by Gasteiger charge is 2.10. The van der Waals surface area contributed by atoms with Gasteiger partial charge in [0, 0.05) is 11.3 Å². The quantitative estimate of drug-likeness (QED) is 0.657. The largest absolute Gasteiger partial charge is 0.411 e. The van der Waals surface area contributed by atoms with E-state index in [0.717, 1.165) is 11.3 Å². The van der Waals surface area contributed by atoms with Crippen molar-refractivity contribution < 1.29 is 4.42 Å². The third kappa shape index (κ3) is 3.52. The Morgan fingerprint density at radius 3 is 2.38 bits per heavy atom. The van der Waals surface area contributed by atoms with Crippen molar-refractivity contribution in [2.45, 2.75) is 24.8 Å². The molecule has 0 aliphatic carbocycles. The molecule has 3 nitrogen and oxygen atoms in total. The van der Waals surface area contributed by atoms with Crippen LogP contribution in [-0.2, 0) is 5.75 Å². The fourth-order valence-electron chi connectivity index (χ4n) is 2.20. The van der Waals surface area contributed by atoms with Crippen LogP contribution in [0.25, 0.3) is 11.5 Å². The summed E-state index contributed by atoms with van der Waals surface area (Å²) in [4.78, 5) is 0. The topological polar surface area (TPSA) is 38.9 Å². The molecule has 4 heteroatoms. The van der Waals surface area contributed by atoms with Gasteiger partial charge in [0.25, 0.3) is 5.22 Å². The highest BCUT2D eigenvalue weighted by Crippen LogP contribution is 2.26. The number of nitrogens with zero attached hydrogens (tertiary/aromatic N) is 2. The molecule has 21 heavy (non-hydrogen) atoms. The van der Waals surface area contributed by atoms with Gasteiger partial charge in [-0.3, -0.25) is 0 Å². The van der Waals surface area contributed by atoms with Crippen LogP contribution in [0.15, 0.2) is 58.2 Å². The number of aromatic nitrogens is 2. The third-order valence-corrected chi connectivity index (χ3v) is 3.97. The number of aryl methyl sites for hydroxylation is 2. The zero-order valence-electron chi connectivity index (χ0n) is 12.0. The predicted octanol–water partition coefficient (Wildman–Crippen LogP) is 4.65. The van der Waals surface area contributed by atoms with E-state index < -0.39 is 0 Å². The van der Waals surface area contributed by atoms with Gasteiger partial charge in [-0.1, -0.05) is 59.3 Å². The Morgan fingerprint density at radius 1 is 0.952 bits per heavy atom. The van der Waals surface area contributed by atoms with Crippen molar-refractivity contribution in [1.29, 1.82) is 0 Å². The fourth-order valence-corrected chi connectivity index (χ4v) is 2.92. The van der Waals surface area contributed by atoms with Crippen LogP contribution in [-0.4, -0.2) is 10.2 Å². The zero-order chi connectivity index (χ0) is 14.7. The molecule has 1 heterocycles. The number of benzene rings is 2. The van der Waals surface area contributed by atoms with Crippen molar-refractivity contribution in [2.24, 2.45) is 0 Å². The summed E-state index contributed by atoms with van der Waals surface area (Å²) in [5.74, 6) is 1.41. The molecular formula is C17H16N2OS. The second-order valence-electron chi connectivity index (χ2n) is 5.02. The van der Waals surface area contributed by atoms with Crippen LogP contribution < -0.4 is 0 Å². The van der Waals surface area contributed by atoms with Crippen LogP contribution in [0.3, 0.4) is 0 Å². The maximum Gasteiger partial charge on any atom is 0.277 e. The molecule has 2 aromatic carbocycles. The van der Waals surface area contributed by atoms with Gasteiger partial charge in [0.15, 0.2) is 0 Å². The van der Waals surface area contributed by atoms with Gasteiger partial charge in [-0.2, -0.15) is 0 Å². The molecule has 0 bridgehead atoms. The molecule has 0 fully saturated rings. The Labute approximate surface area is 128 Å². The molecule has 0 aliphatic heterocycles. The van der Waals surface area contributed by atoms with Crippen LogP contribution in [0, 0.1) is 13.8 Å². The average molecular weight is 296 g/mol. The van der Waals surface area contributed by atoms with Crippen LogP contribution in [0.5, 0.6) is 0 Å². The predicted molar refractivity (Wildman–Crippen MR) is 85.2 cm³/mol. The summed E-state index contributed by atoms with van der Waals surface area (Å²) in [5, 5.41) is 8.86. The van der Waals surface area contributed by atoms with Crippen molar-refractivity contribution in [1.82, 2.24) is 10.2 Å². The fraction of sp³-hybridized carbons (Fsp3) is 0.176. The molecule has 0 unspecified atom stereocenters. The number of hydrogen-bond donors (Lipinski definition) is 0. The second kappa shape index (κ2) is 6.14. The molecule has 3 aromatic rings. The first-order valence-electron chi connectivity index (χ1n) is 6.79. The minimum absolute atomic E-state index is 0.581. The molecule has 0 amide bonds. The first kappa shape index (κ1) is 13.9. The van der Waals surface area contributed by atoms with Gasteiger partial charge in [-0.05, 0) is 31.5 Å². The minimum atomic E-state index is 0.581. The minimum Gasteiger partial charge on any atom is -0.411 e. The lowest BCUT2D eigenvalue weighted by Gasteiger charge is -2.00. The van der Waals surface area contributed by atoms with Gasteiger partial charge in [0.1, 0.15) is 0 Å². The normalized spacial score (nSPS) is 10.8. The summed E-state index contributed by atoms with van der Waals surface area (Å²) in [6.07, 6.45) is 0. The van der Waals surface area contributed by atoms with Gasteiger partial charge < -0.3 is 4.42 Å². The molecule has 0 saturated carbocycles. The second-order valence-corrected chi connectivity index (χ2v) is 5.95. The molecular weight excluding hydrogens is 280 g/mol. The average Bonchev–Trinajstić information content (AvgIpc) is 2.94. The highest BCUT2D eigenvalue weighted by molar-refractivity contribution is 7.98. The maximum absolute atomic E-state index is 5.74. The monoisotopic (exact) mass is 296 g/mol. The first-order valence-corrected chi connectivity index (χ1v) is 7.78. The van der Waals surface area contributed by atoms with E-state index in [1.807, 2.05) is 18.2 Å². The summed E-state index contributed by atoms with van der Waals surface area (Å²) in [5.41, 5.74) is 4.61. The van der Waals surface area contributed by atoms with Gasteiger partial charge in [0.2, 0.25) is 5.89 Å². The molecule has 0 spiro atoms.